The van der Waals surface area contributed by atoms with Crippen molar-refractivity contribution in [3.63, 3.8) is 0 Å². The Morgan fingerprint density at radius 3 is 2.63 bits per heavy atom. The number of nitrogens with one attached hydrogen (secondary N) is 2. The average Bonchev–Trinajstić information content (AvgIpc) is 2.77. The summed E-state index contributed by atoms with van der Waals surface area (Å²) in [6.45, 7) is 1.23. The highest BCUT2D eigenvalue weighted by molar-refractivity contribution is 7.89. The maximum atomic E-state index is 11.8. The van der Waals surface area contributed by atoms with Gasteiger partial charge in [0.15, 0.2) is 0 Å². The van der Waals surface area contributed by atoms with Crippen molar-refractivity contribution in [3.8, 4) is 0 Å². The summed E-state index contributed by atoms with van der Waals surface area (Å²) < 4.78 is 26.1. The van der Waals surface area contributed by atoms with Crippen LogP contribution in [0.15, 0.2) is 17.2 Å². The zero-order valence-corrected chi connectivity index (χ0v) is 11.8. The van der Waals surface area contributed by atoms with Crippen molar-refractivity contribution in [3.05, 3.63) is 18.0 Å². The molecule has 8 heteroatoms. The van der Waals surface area contributed by atoms with Crippen LogP contribution in [-0.2, 0) is 10.0 Å². The lowest BCUT2D eigenvalue weighted by Gasteiger charge is -2.09. The molecule has 0 saturated carbocycles. The molecule has 19 heavy (non-hydrogen) atoms. The second-order valence-corrected chi connectivity index (χ2v) is 6.23. The van der Waals surface area contributed by atoms with Crippen LogP contribution in [0, 0.1) is 0 Å². The maximum absolute atomic E-state index is 11.8. The number of sulfonamides is 1. The van der Waals surface area contributed by atoms with E-state index in [1.54, 1.807) is 0 Å². The predicted octanol–water partition coefficient (Wildman–Crippen LogP) is 0.333. The Kier molecular flexibility index (Phi) is 5.52. The first-order valence-electron chi connectivity index (χ1n) is 5.89. The van der Waals surface area contributed by atoms with Gasteiger partial charge in [0.1, 0.15) is 10.6 Å². The van der Waals surface area contributed by atoms with E-state index in [0.717, 1.165) is 25.5 Å². The van der Waals surface area contributed by atoms with E-state index in [4.69, 9.17) is 5.11 Å². The van der Waals surface area contributed by atoms with Gasteiger partial charge < -0.3 is 15.0 Å². The number of carboxylic acids is 1. The van der Waals surface area contributed by atoms with Gasteiger partial charge in [-0.15, -0.1) is 0 Å². The van der Waals surface area contributed by atoms with Crippen molar-refractivity contribution in [2.45, 2.75) is 17.7 Å². The lowest BCUT2D eigenvalue weighted by Crippen LogP contribution is -2.25. The van der Waals surface area contributed by atoms with Gasteiger partial charge in [0.05, 0.1) is 0 Å². The molecular formula is C11H19N3O4S. The summed E-state index contributed by atoms with van der Waals surface area (Å²) in [6, 6.07) is 1.10. The summed E-state index contributed by atoms with van der Waals surface area (Å²) in [6.07, 6.45) is 2.79. The third kappa shape index (κ3) is 5.01. The summed E-state index contributed by atoms with van der Waals surface area (Å²) in [7, 11) is 0.280. The zero-order chi connectivity index (χ0) is 14.5. The van der Waals surface area contributed by atoms with E-state index in [0.29, 0.717) is 6.54 Å². The second-order valence-electron chi connectivity index (χ2n) is 4.46. The number of carbonyl (C=O) groups is 1. The molecule has 3 N–H and O–H groups in total. The molecule has 1 aromatic rings. The molecule has 0 aliphatic heterocycles. The molecule has 1 aromatic heterocycles. The van der Waals surface area contributed by atoms with Crippen molar-refractivity contribution >= 4 is 16.0 Å². The van der Waals surface area contributed by atoms with Gasteiger partial charge in [-0.25, -0.2) is 17.9 Å². The molecule has 1 heterocycles. The van der Waals surface area contributed by atoms with Crippen LogP contribution in [0.4, 0.5) is 0 Å². The van der Waals surface area contributed by atoms with Crippen LogP contribution >= 0.6 is 0 Å². The molecule has 0 saturated heterocycles. The molecule has 7 nitrogen and oxygen atoms in total. The molecule has 1 rings (SSSR count). The van der Waals surface area contributed by atoms with Crippen LogP contribution in [0.5, 0.6) is 0 Å². The molecule has 0 atom stereocenters. The van der Waals surface area contributed by atoms with Crippen LogP contribution in [0.3, 0.4) is 0 Å². The first-order valence-corrected chi connectivity index (χ1v) is 7.37. The van der Waals surface area contributed by atoms with Crippen LogP contribution in [0.25, 0.3) is 0 Å². The number of H-pyrrole nitrogens is 1. The van der Waals surface area contributed by atoms with E-state index >= 15 is 0 Å². The minimum Gasteiger partial charge on any atom is -0.477 e. The summed E-state index contributed by atoms with van der Waals surface area (Å²) in [5.41, 5.74) is -0.145. The predicted molar refractivity (Wildman–Crippen MR) is 70.7 cm³/mol. The number of hydrogen-bond acceptors (Lipinski definition) is 4. The number of carboxylic acid groups (broad SMARTS) is 1. The van der Waals surface area contributed by atoms with Gasteiger partial charge in [0, 0.05) is 12.7 Å². The topological polar surface area (TPSA) is 103 Å². The lowest BCUT2D eigenvalue weighted by molar-refractivity contribution is 0.0691. The van der Waals surface area contributed by atoms with Crippen LogP contribution in [-0.4, -0.2) is 56.6 Å². The second kappa shape index (κ2) is 6.69. The van der Waals surface area contributed by atoms with Crippen molar-refractivity contribution in [1.29, 1.82) is 0 Å². The van der Waals surface area contributed by atoms with Crippen molar-refractivity contribution in [2.24, 2.45) is 0 Å². The Labute approximate surface area is 112 Å². The standard InChI is InChI=1S/C11H19N3O4S/c1-14(2)6-4-3-5-13-19(17,18)9-7-10(11(15)16)12-8-9/h7-8,12-13H,3-6H2,1-2H3,(H,15,16). The molecule has 0 radical (unpaired) electrons. The highest BCUT2D eigenvalue weighted by Crippen LogP contribution is 2.10. The van der Waals surface area contributed by atoms with Gasteiger partial charge in [-0.3, -0.25) is 0 Å². The molecule has 0 bridgehead atoms. The molecule has 0 aromatic carbocycles. The molecular weight excluding hydrogens is 270 g/mol. The normalized spacial score (nSPS) is 11.9. The molecule has 0 unspecified atom stereocenters. The van der Waals surface area contributed by atoms with E-state index in [2.05, 4.69) is 9.71 Å². The van der Waals surface area contributed by atoms with Gasteiger partial charge in [-0.1, -0.05) is 0 Å². The van der Waals surface area contributed by atoms with Crippen LogP contribution in [0.2, 0.25) is 0 Å². The molecule has 0 aliphatic rings. The number of rotatable bonds is 8. The van der Waals surface area contributed by atoms with E-state index in [1.807, 2.05) is 19.0 Å². The number of aromatic carboxylic acids is 1. The van der Waals surface area contributed by atoms with Crippen LogP contribution < -0.4 is 4.72 Å². The fourth-order valence-corrected chi connectivity index (χ4v) is 2.56. The van der Waals surface area contributed by atoms with Crippen molar-refractivity contribution in [2.75, 3.05) is 27.2 Å². The quantitative estimate of drug-likeness (QED) is 0.599. The Hall–Kier alpha value is -1.38. The summed E-state index contributed by atoms with van der Waals surface area (Å²) in [5, 5.41) is 8.71. The van der Waals surface area contributed by atoms with Gasteiger partial charge in [0.2, 0.25) is 10.0 Å². The molecule has 0 fully saturated rings. The number of unbranched alkanes of at least 4 members (excludes halogenated alkanes) is 1. The van der Waals surface area contributed by atoms with E-state index in [9.17, 15) is 13.2 Å². The third-order valence-electron chi connectivity index (χ3n) is 2.52. The highest BCUT2D eigenvalue weighted by atomic mass is 32.2. The molecule has 108 valence electrons. The largest absolute Gasteiger partial charge is 0.477 e. The Morgan fingerprint density at radius 1 is 1.42 bits per heavy atom. The fraction of sp³-hybridized carbons (Fsp3) is 0.545. The highest BCUT2D eigenvalue weighted by Gasteiger charge is 2.17. The lowest BCUT2D eigenvalue weighted by atomic mass is 10.3. The van der Waals surface area contributed by atoms with Crippen molar-refractivity contribution < 1.29 is 18.3 Å². The monoisotopic (exact) mass is 289 g/mol. The van der Waals surface area contributed by atoms with E-state index in [-0.39, 0.29) is 10.6 Å². The van der Waals surface area contributed by atoms with Gasteiger partial charge in [-0.05, 0) is 39.5 Å². The Bertz CT molecular complexity index is 522. The van der Waals surface area contributed by atoms with Crippen molar-refractivity contribution in [1.82, 2.24) is 14.6 Å². The van der Waals surface area contributed by atoms with Gasteiger partial charge in [0.25, 0.3) is 0 Å². The number of aromatic nitrogens is 1. The SMILES string of the molecule is CN(C)CCCCNS(=O)(=O)c1c[nH]c(C(=O)O)c1. The minimum atomic E-state index is -3.63. The summed E-state index contributed by atoms with van der Waals surface area (Å²) >= 11 is 0. The molecule has 0 amide bonds. The number of aromatic amines is 1. The van der Waals surface area contributed by atoms with Gasteiger partial charge in [-0.2, -0.15) is 0 Å². The Morgan fingerprint density at radius 2 is 2.11 bits per heavy atom. The smallest absolute Gasteiger partial charge is 0.352 e. The third-order valence-corrected chi connectivity index (χ3v) is 3.96. The van der Waals surface area contributed by atoms with E-state index in [1.165, 1.54) is 6.20 Å². The Balaban J connectivity index is 2.49. The maximum Gasteiger partial charge on any atom is 0.352 e. The van der Waals surface area contributed by atoms with Crippen LogP contribution in [0.1, 0.15) is 23.3 Å². The van der Waals surface area contributed by atoms with Gasteiger partial charge >= 0.3 is 5.97 Å². The minimum absolute atomic E-state index is 0.0579. The summed E-state index contributed by atoms with van der Waals surface area (Å²) in [5.74, 6) is -1.19. The zero-order valence-electron chi connectivity index (χ0n) is 11.0. The molecule has 0 aliphatic carbocycles. The number of hydrogen-bond donors (Lipinski definition) is 3. The first kappa shape index (κ1) is 15.7. The first-order chi connectivity index (χ1) is 8.83. The number of nitrogens with zero attached hydrogens (tertiary/aromatic N) is 1. The summed E-state index contributed by atoms with van der Waals surface area (Å²) in [4.78, 5) is 15.0. The average molecular weight is 289 g/mol. The fourth-order valence-electron chi connectivity index (χ4n) is 1.50. The molecule has 0 spiro atoms. The van der Waals surface area contributed by atoms with E-state index < -0.39 is 16.0 Å².